The van der Waals surface area contributed by atoms with Crippen LogP contribution in [0.1, 0.15) is 145 Å². The number of ether oxygens (including phenoxy) is 2. The standard InChI is InChI=1S/C26H29OS.C20H12F3OS.C18H19S.C14H21OS.C14H13S.C11H15S.C2H6/c1-4-5-6-11-16-27-26-19(2)17-21(18-20(26)3)28-24-14-9-7-12-22(24)23-13-8-10-15-25(23)28;21-20(22,23)13-10-11-18-16(12-13)19(24)15-8-4-5-9-17(15)25(18)14-6-2-1-3-7-14;1-18(2,3)15-8-10-16(11-9-15)19-13-12-14-6-4-5-7-17(14)19;1-11-9-13(10-12(2)14(11)15-3)16-7-5-4-6-8-16;1-2-7-13(8-3-1)15-11-10-12-6-4-5-9-14(12)15;1-3-7-11(8-4-1)12-9-5-2-6-10-12;1-2/h7-10,12-15,17-18H,4-6,11,16H2,1-3H3;1-12H;4-13H,1-3H3;9-10H,4-8H2,1-3H3;1-9H,10-11H2;1,3-4,7-8H,2,5-6,9-10H2;1-2H3/q6*+1;. The second-order valence-corrected chi connectivity index (χ2v) is 43.2. The summed E-state index contributed by atoms with van der Waals surface area (Å²) in [7, 11) is 2.68. The van der Waals surface area contributed by atoms with Gasteiger partial charge in [-0.3, -0.25) is 4.79 Å². The molecule has 12 heteroatoms. The molecule has 117 heavy (non-hydrogen) atoms. The number of fused-ring (bicyclic) bond motifs is 7. The lowest BCUT2D eigenvalue weighted by Crippen LogP contribution is -2.18. The first-order valence-electron chi connectivity index (χ1n) is 41.7. The average Bonchev–Trinajstić information content (AvgIpc) is 1.48. The topological polar surface area (TPSA) is 35.5 Å². The Morgan fingerprint density at radius 1 is 0.385 bits per heavy atom. The number of aryl methyl sites for hydroxylation is 5. The van der Waals surface area contributed by atoms with E-state index in [0.29, 0.717) is 42.8 Å². The molecule has 3 atom stereocenters. The summed E-state index contributed by atoms with van der Waals surface area (Å²) in [6.45, 7) is 22.5. The summed E-state index contributed by atoms with van der Waals surface area (Å²) >= 11 is 0. The number of halogens is 3. The molecule has 3 unspecified atom stereocenters. The first-order chi connectivity index (χ1) is 56.9. The Morgan fingerprint density at radius 2 is 0.838 bits per heavy atom. The van der Waals surface area contributed by atoms with Gasteiger partial charge in [-0.15, -0.1) is 0 Å². The molecule has 0 aliphatic carbocycles. The van der Waals surface area contributed by atoms with E-state index >= 15 is 0 Å². The summed E-state index contributed by atoms with van der Waals surface area (Å²) in [5.74, 6) is 9.09. The van der Waals surface area contributed by atoms with Gasteiger partial charge >= 0.3 is 6.18 Å². The summed E-state index contributed by atoms with van der Waals surface area (Å²) in [5, 5.41) is 7.07. The molecule has 3 nitrogen and oxygen atoms in total. The molecule has 15 aromatic rings. The summed E-state index contributed by atoms with van der Waals surface area (Å²) < 4.78 is 56.7. The number of unbranched alkanes of at least 4 members (excludes halogenated alkanes) is 3. The third-order valence-corrected chi connectivity index (χ3v) is 35.5. The van der Waals surface area contributed by atoms with E-state index in [4.69, 9.17) is 9.47 Å². The Kier molecular flexibility index (Phi) is 31.5. The maximum Gasteiger partial charge on any atom is 0.416 e. The molecule has 0 spiro atoms. The van der Waals surface area contributed by atoms with Crippen LogP contribution in [0.3, 0.4) is 0 Å². The number of hydrogen-bond donors (Lipinski definition) is 0. The maximum atomic E-state index is 13.1. The molecule has 0 amide bonds. The number of methoxy groups -OCH3 is 1. The van der Waals surface area contributed by atoms with Gasteiger partial charge in [0.2, 0.25) is 5.43 Å². The number of benzene rings is 12. The van der Waals surface area contributed by atoms with E-state index in [1.165, 1.54) is 172 Å². The fraction of sp³-hybridized carbons (Fsp3) is 0.286. The van der Waals surface area contributed by atoms with Gasteiger partial charge in [0.05, 0.1) is 40.9 Å². The van der Waals surface area contributed by atoms with Crippen molar-refractivity contribution < 1.29 is 22.6 Å². The van der Waals surface area contributed by atoms with Gasteiger partial charge in [0, 0.05) is 99.5 Å². The molecule has 3 aromatic heterocycles. The number of alkyl halides is 3. The molecule has 0 radical (unpaired) electrons. The SMILES string of the molecule is CC.CC(C)(C)c1ccc(-[s+]2ccc3ccccc32)cc1.CCCCCCOc1c(C)cc(-[s+]2c3ccccc3c3ccccc32)cc1C.COc1c(C)cc([S+]2CCCCC2)cc1C.O=c1c2ccccc2[s+](-c2ccccc2)c2ccc(C(F)(F)F)cc12.c1ccc([S+]2CCCCC2)cc1.c1ccc([S+]2CCc3ccccc32)cc1. The zero-order valence-electron chi connectivity index (χ0n) is 70.0. The second kappa shape index (κ2) is 42.2. The van der Waals surface area contributed by atoms with Crippen LogP contribution in [0, 0.1) is 27.7 Å². The average molecular weight is 1670 g/mol. The van der Waals surface area contributed by atoms with Crippen molar-refractivity contribution >= 4 is 115 Å². The molecule has 2 fully saturated rings. The van der Waals surface area contributed by atoms with Crippen LogP contribution in [-0.4, -0.2) is 42.5 Å². The van der Waals surface area contributed by atoms with E-state index in [0.717, 1.165) is 46.3 Å². The Morgan fingerprint density at radius 3 is 1.39 bits per heavy atom. The first kappa shape index (κ1) is 87.5. The van der Waals surface area contributed by atoms with Gasteiger partial charge in [0.25, 0.3) is 0 Å². The number of rotatable bonds is 13. The van der Waals surface area contributed by atoms with Gasteiger partial charge in [-0.25, -0.2) is 0 Å². The first-order valence-corrected chi connectivity index (χ1v) is 49.9. The van der Waals surface area contributed by atoms with E-state index < -0.39 is 22.2 Å². The molecule has 18 rings (SSSR count). The zero-order chi connectivity index (χ0) is 82.4. The molecule has 0 N–H and O–H groups in total. The number of hydrogen-bond acceptors (Lipinski definition) is 3. The molecule has 604 valence electrons. The van der Waals surface area contributed by atoms with Crippen molar-refractivity contribution in [2.24, 2.45) is 0 Å². The van der Waals surface area contributed by atoms with Crippen molar-refractivity contribution in [3.63, 3.8) is 0 Å². The summed E-state index contributed by atoms with van der Waals surface area (Å²) in [6, 6.07) is 98.1. The molecule has 6 heterocycles. The molecule has 3 aliphatic heterocycles. The Labute approximate surface area is 710 Å². The van der Waals surface area contributed by atoms with Crippen LogP contribution in [0.4, 0.5) is 13.2 Å². The van der Waals surface area contributed by atoms with Crippen LogP contribution in [0.5, 0.6) is 11.5 Å². The van der Waals surface area contributed by atoms with Crippen molar-refractivity contribution in [2.45, 2.75) is 171 Å². The van der Waals surface area contributed by atoms with Gasteiger partial charge in [0.1, 0.15) is 45.6 Å². The largest absolute Gasteiger partial charge is 0.496 e. The van der Waals surface area contributed by atoms with E-state index in [2.05, 4.69) is 273 Å². The maximum absolute atomic E-state index is 13.1. The number of thiophene rings is 2. The third kappa shape index (κ3) is 22.0. The van der Waals surface area contributed by atoms with Gasteiger partial charge in [0.15, 0.2) is 57.8 Å². The normalized spacial score (nSPS) is 14.4. The van der Waals surface area contributed by atoms with Crippen LogP contribution < -0.4 is 14.9 Å². The zero-order valence-corrected chi connectivity index (χ0v) is 74.9. The van der Waals surface area contributed by atoms with Crippen molar-refractivity contribution in [3.8, 4) is 26.2 Å². The lowest BCUT2D eigenvalue weighted by Gasteiger charge is -2.18. The predicted octanol–water partition coefficient (Wildman–Crippen LogP) is 30.9. The van der Waals surface area contributed by atoms with Crippen molar-refractivity contribution in [1.29, 1.82) is 0 Å². The second-order valence-electron chi connectivity index (χ2n) is 30.8. The van der Waals surface area contributed by atoms with Crippen molar-refractivity contribution in [3.05, 3.63) is 340 Å². The van der Waals surface area contributed by atoms with Crippen LogP contribution in [0.2, 0.25) is 0 Å². The molecule has 12 aromatic carbocycles. The predicted molar refractivity (Wildman–Crippen MR) is 511 cm³/mol. The highest BCUT2D eigenvalue weighted by Gasteiger charge is 2.36. The van der Waals surface area contributed by atoms with Crippen LogP contribution in [-0.2, 0) is 50.7 Å². The minimum atomic E-state index is -4.47. The Hall–Kier alpha value is -8.85. The van der Waals surface area contributed by atoms with E-state index in [1.807, 2.05) is 56.3 Å². The van der Waals surface area contributed by atoms with Gasteiger partial charge in [-0.1, -0.05) is 194 Å². The minimum absolute atomic E-state index is 0.0350. The Balaban J connectivity index is 0.000000131. The highest BCUT2D eigenvalue weighted by Crippen LogP contribution is 2.50. The van der Waals surface area contributed by atoms with E-state index in [-0.39, 0.29) is 37.2 Å². The quantitative estimate of drug-likeness (QED) is 0.0656. The smallest absolute Gasteiger partial charge is 0.416 e. The van der Waals surface area contributed by atoms with Crippen molar-refractivity contribution in [2.75, 3.05) is 42.5 Å². The fourth-order valence-corrected chi connectivity index (χ4v) is 29.6. The van der Waals surface area contributed by atoms with Crippen LogP contribution in [0.25, 0.3) is 65.1 Å². The molecule has 0 saturated carbocycles. The lowest BCUT2D eigenvalue weighted by molar-refractivity contribution is -0.137. The van der Waals surface area contributed by atoms with Crippen molar-refractivity contribution in [1.82, 2.24) is 0 Å². The van der Waals surface area contributed by atoms with Crippen LogP contribution in [0.15, 0.2) is 315 Å². The summed E-state index contributed by atoms with van der Waals surface area (Å²) in [6.07, 6.45) is 10.3. The minimum Gasteiger partial charge on any atom is -0.496 e. The third-order valence-electron chi connectivity index (χ3n) is 21.5. The lowest BCUT2D eigenvalue weighted by atomic mass is 9.87. The fourth-order valence-electron chi connectivity index (χ4n) is 15.6. The molecule has 3 aliphatic rings. The van der Waals surface area contributed by atoms with E-state index in [1.54, 1.807) is 39.5 Å². The highest BCUT2D eigenvalue weighted by molar-refractivity contribution is 7.97. The molecular weight excluding hydrogens is 1560 g/mol. The molecule has 0 bridgehead atoms. The van der Waals surface area contributed by atoms with E-state index in [9.17, 15) is 18.0 Å². The van der Waals surface area contributed by atoms with Gasteiger partial charge in [-0.05, 0) is 239 Å². The van der Waals surface area contributed by atoms with Crippen LogP contribution >= 0.6 is 31.4 Å². The highest BCUT2D eigenvalue weighted by atomic mass is 32.2. The summed E-state index contributed by atoms with van der Waals surface area (Å²) in [4.78, 5) is 22.8. The van der Waals surface area contributed by atoms with Gasteiger partial charge in [-0.2, -0.15) is 13.2 Å². The monoisotopic (exact) mass is 1670 g/mol. The molecule has 2 saturated heterocycles. The molecular formula is C105H115F3O3S6+6. The Bertz CT molecular complexity index is 5650. The summed E-state index contributed by atoms with van der Waals surface area (Å²) in [5.41, 5.74) is 7.10. The van der Waals surface area contributed by atoms with Gasteiger partial charge < -0.3 is 9.47 Å².